The Morgan fingerprint density at radius 2 is 1.65 bits per heavy atom. The highest BCUT2D eigenvalue weighted by atomic mass is 16.5. The Bertz CT molecular complexity index is 821. The van der Waals surface area contributed by atoms with Gasteiger partial charge in [-0.2, -0.15) is 0 Å². The summed E-state index contributed by atoms with van der Waals surface area (Å²) in [6, 6.07) is 9.17. The van der Waals surface area contributed by atoms with Gasteiger partial charge in [-0.25, -0.2) is 0 Å². The molecule has 37 heavy (non-hydrogen) atoms. The van der Waals surface area contributed by atoms with Gasteiger partial charge in [-0.15, -0.1) is 0 Å². The molecule has 1 saturated carbocycles. The van der Waals surface area contributed by atoms with Crippen molar-refractivity contribution in [1.82, 2.24) is 10.2 Å². The Hall–Kier alpha value is -1.96. The molecular weight excluding hydrogens is 468 g/mol. The number of carbonyl (C=O) groups excluding carboxylic acids is 2. The molecule has 0 spiro atoms. The largest absolute Gasteiger partial charge is 0.390 e. The highest BCUT2D eigenvalue weighted by Crippen LogP contribution is 2.29. The quantitative estimate of drug-likeness (QED) is 0.370. The van der Waals surface area contributed by atoms with E-state index in [1.807, 2.05) is 49.1 Å². The first kappa shape index (κ1) is 29.6. The van der Waals surface area contributed by atoms with Crippen molar-refractivity contribution in [2.75, 3.05) is 13.1 Å². The van der Waals surface area contributed by atoms with E-state index in [4.69, 9.17) is 4.74 Å². The second-order valence-electron chi connectivity index (χ2n) is 11.5. The van der Waals surface area contributed by atoms with Crippen molar-refractivity contribution >= 4 is 11.8 Å². The Morgan fingerprint density at radius 1 is 1.00 bits per heavy atom. The molecule has 0 unspecified atom stereocenters. The van der Waals surface area contributed by atoms with E-state index < -0.39 is 30.5 Å². The first-order valence-electron chi connectivity index (χ1n) is 14.4. The van der Waals surface area contributed by atoms with Crippen LogP contribution < -0.4 is 5.32 Å². The number of ether oxygens (including phenoxy) is 1. The Balaban J connectivity index is 1.68. The second kappa shape index (κ2) is 14.8. The molecule has 1 aliphatic heterocycles. The number of rotatable bonds is 13. The normalized spacial score (nSPS) is 20.9. The van der Waals surface area contributed by atoms with Gasteiger partial charge < -0.3 is 25.2 Å². The summed E-state index contributed by atoms with van der Waals surface area (Å²) in [6.07, 6.45) is 5.59. The average molecular weight is 517 g/mol. The molecular formula is C30H48N2O5. The summed E-state index contributed by atoms with van der Waals surface area (Å²) >= 11 is 0. The molecule has 2 aliphatic rings. The number of benzene rings is 1. The van der Waals surface area contributed by atoms with Gasteiger partial charge in [0.1, 0.15) is 18.3 Å². The number of nitrogens with one attached hydrogen (secondary N) is 1. The minimum Gasteiger partial charge on any atom is -0.390 e. The fourth-order valence-corrected chi connectivity index (χ4v) is 5.73. The number of aliphatic hydroxyl groups is 2. The molecule has 0 aromatic heterocycles. The van der Waals surface area contributed by atoms with Crippen LogP contribution in [0.3, 0.4) is 0 Å². The first-order valence-corrected chi connectivity index (χ1v) is 14.4. The van der Waals surface area contributed by atoms with Crippen LogP contribution in [0.5, 0.6) is 0 Å². The molecule has 0 bridgehead atoms. The molecule has 208 valence electrons. The topological polar surface area (TPSA) is 99.1 Å². The maximum atomic E-state index is 13.3. The Kier molecular flexibility index (Phi) is 11.9. The number of hydrogen-bond donors (Lipinski definition) is 3. The molecule has 3 N–H and O–H groups in total. The molecule has 1 saturated heterocycles. The fraction of sp³-hybridized carbons (Fsp3) is 0.733. The summed E-state index contributed by atoms with van der Waals surface area (Å²) in [4.78, 5) is 28.4. The molecule has 1 aromatic rings. The van der Waals surface area contributed by atoms with Gasteiger partial charge in [0.05, 0.1) is 12.1 Å². The maximum Gasteiger partial charge on any atom is 0.252 e. The smallest absolute Gasteiger partial charge is 0.252 e. The SMILES string of the molecule is CC(C)C[C@H](O)[C@H](O)[C@H](CC1CCCCC1)NC(=O)[C@H](C)O[C@@H](Cc1ccccc1)C(=O)N1CCCC1. The lowest BCUT2D eigenvalue weighted by atomic mass is 9.82. The minimum atomic E-state index is -1.05. The molecule has 7 heteroatoms. The number of amides is 2. The van der Waals surface area contributed by atoms with E-state index in [9.17, 15) is 19.8 Å². The monoisotopic (exact) mass is 516 g/mol. The summed E-state index contributed by atoms with van der Waals surface area (Å²) in [5.41, 5.74) is 0.982. The van der Waals surface area contributed by atoms with E-state index in [-0.39, 0.29) is 17.7 Å². The van der Waals surface area contributed by atoms with Crippen LogP contribution in [0.2, 0.25) is 0 Å². The molecule has 5 atom stereocenters. The van der Waals surface area contributed by atoms with Gasteiger partial charge >= 0.3 is 0 Å². The van der Waals surface area contributed by atoms with Crippen LogP contribution in [0, 0.1) is 11.8 Å². The van der Waals surface area contributed by atoms with Crippen LogP contribution in [0.25, 0.3) is 0 Å². The predicted octanol–water partition coefficient (Wildman–Crippen LogP) is 3.85. The zero-order valence-electron chi connectivity index (χ0n) is 23.0. The van der Waals surface area contributed by atoms with Crippen LogP contribution >= 0.6 is 0 Å². The van der Waals surface area contributed by atoms with Crippen molar-refractivity contribution in [3.05, 3.63) is 35.9 Å². The molecule has 7 nitrogen and oxygen atoms in total. The minimum absolute atomic E-state index is 0.0767. The maximum absolute atomic E-state index is 13.3. The molecule has 0 radical (unpaired) electrons. The molecule has 1 aliphatic carbocycles. The number of likely N-dealkylation sites (tertiary alicyclic amines) is 1. The standard InChI is InChI=1S/C30H48N2O5/c1-21(2)18-26(33)28(34)25(19-23-12-6-4-7-13-23)31-29(35)22(3)37-27(20-24-14-8-5-9-15-24)30(36)32-16-10-11-17-32/h5,8-9,14-15,21-23,25-28,33-34H,4,6-7,10-13,16-20H2,1-3H3,(H,31,35)/t22-,25-,26-,27-,28+/m0/s1. The van der Waals surface area contributed by atoms with Crippen molar-refractivity contribution in [2.45, 2.75) is 115 Å². The lowest BCUT2D eigenvalue weighted by molar-refractivity contribution is -0.152. The lowest BCUT2D eigenvalue weighted by Gasteiger charge is -2.33. The highest BCUT2D eigenvalue weighted by Gasteiger charge is 2.34. The third kappa shape index (κ3) is 9.38. The van der Waals surface area contributed by atoms with Crippen LogP contribution in [0.4, 0.5) is 0 Å². The highest BCUT2D eigenvalue weighted by molar-refractivity contribution is 5.84. The molecule has 1 aromatic carbocycles. The van der Waals surface area contributed by atoms with E-state index in [1.165, 1.54) is 6.42 Å². The van der Waals surface area contributed by atoms with Gasteiger partial charge in [0.25, 0.3) is 5.91 Å². The van der Waals surface area contributed by atoms with Gasteiger partial charge in [-0.3, -0.25) is 9.59 Å². The Morgan fingerprint density at radius 3 is 2.27 bits per heavy atom. The summed E-state index contributed by atoms with van der Waals surface area (Å²) in [6.45, 7) is 7.11. The van der Waals surface area contributed by atoms with Crippen molar-refractivity contribution < 1.29 is 24.5 Å². The van der Waals surface area contributed by atoms with E-state index in [2.05, 4.69) is 5.32 Å². The van der Waals surface area contributed by atoms with E-state index >= 15 is 0 Å². The molecule has 2 amide bonds. The first-order chi connectivity index (χ1) is 17.7. The third-order valence-corrected chi connectivity index (χ3v) is 7.85. The van der Waals surface area contributed by atoms with Crippen LogP contribution in [0.1, 0.15) is 84.1 Å². The van der Waals surface area contributed by atoms with Crippen LogP contribution in [0.15, 0.2) is 30.3 Å². The summed E-state index contributed by atoms with van der Waals surface area (Å²) in [5.74, 6) is 0.211. The van der Waals surface area contributed by atoms with Crippen molar-refractivity contribution in [3.8, 4) is 0 Å². The van der Waals surface area contributed by atoms with Crippen molar-refractivity contribution in [2.24, 2.45) is 11.8 Å². The third-order valence-electron chi connectivity index (χ3n) is 7.85. The molecule has 2 fully saturated rings. The number of hydrogen-bond acceptors (Lipinski definition) is 5. The van der Waals surface area contributed by atoms with Gasteiger partial charge in [0.2, 0.25) is 5.91 Å². The van der Waals surface area contributed by atoms with Gasteiger partial charge in [-0.1, -0.05) is 76.3 Å². The molecule has 1 heterocycles. The summed E-state index contributed by atoms with van der Waals surface area (Å²) < 4.78 is 6.14. The van der Waals surface area contributed by atoms with E-state index in [0.717, 1.165) is 57.2 Å². The Labute approximate surface area is 223 Å². The molecule has 3 rings (SSSR count). The van der Waals surface area contributed by atoms with E-state index in [0.29, 0.717) is 25.2 Å². The summed E-state index contributed by atoms with van der Waals surface area (Å²) in [5, 5.41) is 24.7. The van der Waals surface area contributed by atoms with Gasteiger partial charge in [-0.05, 0) is 50.0 Å². The van der Waals surface area contributed by atoms with Crippen LogP contribution in [-0.4, -0.2) is 70.5 Å². The average Bonchev–Trinajstić information content (AvgIpc) is 3.43. The summed E-state index contributed by atoms with van der Waals surface area (Å²) in [7, 11) is 0. The second-order valence-corrected chi connectivity index (χ2v) is 11.5. The van der Waals surface area contributed by atoms with Crippen molar-refractivity contribution in [3.63, 3.8) is 0 Å². The zero-order chi connectivity index (χ0) is 26.8. The van der Waals surface area contributed by atoms with Gasteiger partial charge in [0.15, 0.2) is 0 Å². The van der Waals surface area contributed by atoms with E-state index in [1.54, 1.807) is 6.92 Å². The number of aliphatic hydroxyl groups excluding tert-OH is 2. The lowest BCUT2D eigenvalue weighted by Crippen LogP contribution is -2.53. The van der Waals surface area contributed by atoms with Crippen molar-refractivity contribution in [1.29, 1.82) is 0 Å². The fourth-order valence-electron chi connectivity index (χ4n) is 5.73. The number of nitrogens with zero attached hydrogens (tertiary/aromatic N) is 1. The van der Waals surface area contributed by atoms with Gasteiger partial charge in [0, 0.05) is 19.5 Å². The number of carbonyl (C=O) groups is 2. The zero-order valence-corrected chi connectivity index (χ0v) is 23.0. The van der Waals surface area contributed by atoms with Crippen LogP contribution in [-0.2, 0) is 20.7 Å². The predicted molar refractivity (Wildman–Crippen MR) is 145 cm³/mol.